The molecule has 1 aliphatic rings. The summed E-state index contributed by atoms with van der Waals surface area (Å²) in [5, 5.41) is 8.74. The van der Waals surface area contributed by atoms with Crippen molar-refractivity contribution < 1.29 is 14.0 Å². The Labute approximate surface area is 201 Å². The number of rotatable bonds is 5. The Morgan fingerprint density at radius 1 is 1.19 bits per heavy atom. The molecule has 3 N–H and O–H groups in total. The number of likely N-dealkylation sites (tertiary alicyclic amines) is 1. The molecule has 1 fully saturated rings. The maximum atomic E-state index is 13.4. The second-order valence-electron chi connectivity index (χ2n) is 6.92. The summed E-state index contributed by atoms with van der Waals surface area (Å²) in [6.07, 6.45) is 2.69. The lowest BCUT2D eigenvalue weighted by molar-refractivity contribution is -0.117. The standard InChI is InChI=1S/C20H21BrFIN6O2/c1-24-17-11-14(4-7-25-17)27-20(31)29-8-5-12(6-9-29)18(30)19(28-23)26-13-2-3-16(22)15(21)10-13/h2-4,7,10-12H,5-6,8-9H2,1H3,(H,26,28)(H2,24,25,27,31). The number of carbonyl (C=O) groups is 2. The van der Waals surface area contributed by atoms with Crippen LogP contribution in [0.4, 0.5) is 26.4 Å². The number of amidine groups is 1. The third kappa shape index (κ3) is 6.12. The van der Waals surface area contributed by atoms with Crippen LogP contribution in [-0.4, -0.2) is 47.7 Å². The van der Waals surface area contributed by atoms with E-state index in [0.717, 1.165) is 0 Å². The first-order valence-corrected chi connectivity index (χ1v) is 11.3. The first-order valence-electron chi connectivity index (χ1n) is 9.56. The number of aromatic nitrogens is 1. The Hall–Kier alpha value is -2.28. The van der Waals surface area contributed by atoms with E-state index in [1.54, 1.807) is 65.3 Å². The zero-order valence-corrected chi connectivity index (χ0v) is 20.4. The molecule has 164 valence electrons. The van der Waals surface area contributed by atoms with Gasteiger partial charge in [0, 0.05) is 49.7 Å². The molecule has 1 aromatic carbocycles. The van der Waals surface area contributed by atoms with Gasteiger partial charge in [0.15, 0.2) is 5.84 Å². The van der Waals surface area contributed by atoms with Crippen LogP contribution in [-0.2, 0) is 4.79 Å². The van der Waals surface area contributed by atoms with Crippen LogP contribution in [0, 0.1) is 11.7 Å². The number of carbonyl (C=O) groups excluding carboxylic acids is 2. The fraction of sp³-hybridized carbons (Fsp3) is 0.300. The van der Waals surface area contributed by atoms with Crippen LogP contribution >= 0.6 is 38.8 Å². The highest BCUT2D eigenvalue weighted by atomic mass is 127. The average molecular weight is 603 g/mol. The number of Topliss-reactive ketones (excluding diaryl/α,β-unsaturated/α-hetero) is 1. The van der Waals surface area contributed by atoms with E-state index in [1.165, 1.54) is 6.07 Å². The summed E-state index contributed by atoms with van der Waals surface area (Å²) in [6.45, 7) is 0.922. The van der Waals surface area contributed by atoms with Gasteiger partial charge >= 0.3 is 6.03 Å². The fourth-order valence-electron chi connectivity index (χ4n) is 3.22. The Bertz CT molecular complexity index is 997. The highest BCUT2D eigenvalue weighted by Gasteiger charge is 2.30. The highest BCUT2D eigenvalue weighted by Crippen LogP contribution is 2.23. The van der Waals surface area contributed by atoms with Crippen molar-refractivity contribution in [1.29, 1.82) is 0 Å². The van der Waals surface area contributed by atoms with E-state index in [9.17, 15) is 14.0 Å². The number of nitrogens with one attached hydrogen (secondary N) is 3. The number of hydrogen-bond donors (Lipinski definition) is 3. The van der Waals surface area contributed by atoms with Crippen molar-refractivity contribution in [3.8, 4) is 0 Å². The average Bonchev–Trinajstić information content (AvgIpc) is 2.79. The molecule has 2 heterocycles. The zero-order chi connectivity index (χ0) is 22.4. The summed E-state index contributed by atoms with van der Waals surface area (Å²) in [5.74, 6) is 0.115. The maximum absolute atomic E-state index is 13.4. The van der Waals surface area contributed by atoms with Gasteiger partial charge < -0.3 is 20.9 Å². The predicted molar refractivity (Wildman–Crippen MR) is 131 cm³/mol. The molecule has 0 spiro atoms. The molecular weight excluding hydrogens is 582 g/mol. The minimum atomic E-state index is -0.385. The summed E-state index contributed by atoms with van der Waals surface area (Å²) in [4.78, 5) is 31.3. The number of ketones is 1. The molecule has 3 rings (SSSR count). The summed E-state index contributed by atoms with van der Waals surface area (Å²) in [6, 6.07) is 7.66. The monoisotopic (exact) mass is 602 g/mol. The maximum Gasteiger partial charge on any atom is 0.321 e. The van der Waals surface area contributed by atoms with Gasteiger partial charge in [-0.1, -0.05) is 0 Å². The van der Waals surface area contributed by atoms with E-state index in [1.807, 2.05) is 0 Å². The lowest BCUT2D eigenvalue weighted by Gasteiger charge is -2.31. The van der Waals surface area contributed by atoms with Crippen molar-refractivity contribution >= 4 is 73.6 Å². The molecule has 1 saturated heterocycles. The van der Waals surface area contributed by atoms with Crippen molar-refractivity contribution in [2.24, 2.45) is 9.12 Å². The first-order chi connectivity index (χ1) is 14.9. The van der Waals surface area contributed by atoms with E-state index in [-0.39, 0.29) is 29.4 Å². The van der Waals surface area contributed by atoms with Gasteiger partial charge in [0.05, 0.1) is 27.3 Å². The second kappa shape index (κ2) is 10.8. The molecule has 0 unspecified atom stereocenters. The smallest absolute Gasteiger partial charge is 0.321 e. The number of benzene rings is 1. The lowest BCUT2D eigenvalue weighted by Crippen LogP contribution is -2.44. The van der Waals surface area contributed by atoms with Crippen LogP contribution in [0.3, 0.4) is 0 Å². The molecule has 0 atom stereocenters. The Morgan fingerprint density at radius 3 is 2.55 bits per heavy atom. The van der Waals surface area contributed by atoms with Gasteiger partial charge in [0.1, 0.15) is 11.6 Å². The normalized spacial score (nSPS) is 14.8. The van der Waals surface area contributed by atoms with Gasteiger partial charge in [0.2, 0.25) is 5.78 Å². The number of anilines is 3. The largest absolute Gasteiger partial charge is 0.373 e. The van der Waals surface area contributed by atoms with Gasteiger partial charge in [-0.05, 0) is 53.0 Å². The van der Waals surface area contributed by atoms with E-state index in [2.05, 4.69) is 40.1 Å². The Kier molecular flexibility index (Phi) is 8.18. The molecule has 0 saturated carbocycles. The quantitative estimate of drug-likeness (QED) is 0.262. The van der Waals surface area contributed by atoms with E-state index in [0.29, 0.717) is 47.6 Å². The minimum Gasteiger partial charge on any atom is -0.373 e. The van der Waals surface area contributed by atoms with Crippen molar-refractivity contribution in [2.75, 3.05) is 36.1 Å². The van der Waals surface area contributed by atoms with E-state index < -0.39 is 0 Å². The molecule has 1 aliphatic heterocycles. The molecule has 11 heteroatoms. The molecule has 0 aliphatic carbocycles. The topological polar surface area (TPSA) is 98.7 Å². The number of amides is 2. The molecule has 2 aromatic rings. The molecule has 2 amide bonds. The molecule has 8 nitrogen and oxygen atoms in total. The number of nitrogens with zero attached hydrogens (tertiary/aromatic N) is 3. The van der Waals surface area contributed by atoms with Crippen LogP contribution in [0.25, 0.3) is 0 Å². The second-order valence-corrected chi connectivity index (χ2v) is 8.26. The fourth-order valence-corrected chi connectivity index (χ4v) is 3.96. The molecule has 0 bridgehead atoms. The summed E-state index contributed by atoms with van der Waals surface area (Å²) in [7, 11) is 1.76. The van der Waals surface area contributed by atoms with Gasteiger partial charge in [-0.25, -0.2) is 14.2 Å². The molecular formula is C20H21BrFIN6O2. The van der Waals surface area contributed by atoms with Crippen LogP contribution < -0.4 is 16.0 Å². The number of piperidine rings is 1. The van der Waals surface area contributed by atoms with E-state index >= 15 is 0 Å². The Balaban J connectivity index is 1.55. The third-order valence-electron chi connectivity index (χ3n) is 4.92. The third-order valence-corrected chi connectivity index (χ3v) is 6.01. The molecule has 0 radical (unpaired) electrons. The Morgan fingerprint density at radius 2 is 1.90 bits per heavy atom. The van der Waals surface area contributed by atoms with Crippen LogP contribution in [0.2, 0.25) is 0 Å². The summed E-state index contributed by atoms with van der Waals surface area (Å²) < 4.78 is 17.8. The van der Waals surface area contributed by atoms with Gasteiger partial charge in [0.25, 0.3) is 0 Å². The zero-order valence-electron chi connectivity index (χ0n) is 16.7. The summed E-state index contributed by atoms with van der Waals surface area (Å²) >= 11 is 4.90. The van der Waals surface area contributed by atoms with Crippen LogP contribution in [0.1, 0.15) is 12.8 Å². The highest BCUT2D eigenvalue weighted by molar-refractivity contribution is 14.1. The van der Waals surface area contributed by atoms with Gasteiger partial charge in [-0.3, -0.25) is 4.79 Å². The van der Waals surface area contributed by atoms with Crippen molar-refractivity contribution in [3.05, 3.63) is 46.8 Å². The van der Waals surface area contributed by atoms with Gasteiger partial charge in [-0.2, -0.15) is 3.21 Å². The number of pyridine rings is 1. The summed E-state index contributed by atoms with van der Waals surface area (Å²) in [5.41, 5.74) is 1.21. The molecule has 31 heavy (non-hydrogen) atoms. The van der Waals surface area contributed by atoms with Gasteiger partial charge in [-0.15, -0.1) is 0 Å². The molecule has 1 aromatic heterocycles. The van der Waals surface area contributed by atoms with Crippen molar-refractivity contribution in [1.82, 2.24) is 9.88 Å². The first kappa shape index (κ1) is 23.4. The van der Waals surface area contributed by atoms with Crippen molar-refractivity contribution in [2.45, 2.75) is 12.8 Å². The van der Waals surface area contributed by atoms with Crippen LogP contribution in [0.5, 0.6) is 0 Å². The number of hydrogen-bond acceptors (Lipinski definition) is 5. The van der Waals surface area contributed by atoms with Crippen molar-refractivity contribution in [3.63, 3.8) is 0 Å². The number of halogens is 3. The number of urea groups is 1. The predicted octanol–water partition coefficient (Wildman–Crippen LogP) is 4.70. The van der Waals surface area contributed by atoms with E-state index in [4.69, 9.17) is 0 Å². The van der Waals surface area contributed by atoms with Crippen LogP contribution in [0.15, 0.2) is 44.2 Å². The SMILES string of the molecule is CNc1cc(NC(=O)N2CCC(C(=O)C(=NI)Nc3ccc(F)c(Br)c3)CC2)ccn1. The lowest BCUT2D eigenvalue weighted by atomic mass is 9.92. The minimum absolute atomic E-state index is 0.122.